The quantitative estimate of drug-likeness (QED) is 0.762. The molecule has 8 heteroatoms. The van der Waals surface area contributed by atoms with Crippen LogP contribution in [0, 0.1) is 0 Å². The van der Waals surface area contributed by atoms with Gasteiger partial charge in [-0.2, -0.15) is 10.1 Å². The van der Waals surface area contributed by atoms with Gasteiger partial charge in [-0.05, 0) is 11.4 Å². The van der Waals surface area contributed by atoms with Gasteiger partial charge in [0.2, 0.25) is 17.8 Å². The SMILES string of the molecule is CC(=O)N[C@@H](CC(=O)Nc1ncn[nH]1)c1cccs1. The monoisotopic (exact) mass is 279 g/mol. The fraction of sp³-hybridized carbons (Fsp3) is 0.273. The van der Waals surface area contributed by atoms with Crippen molar-refractivity contribution in [3.63, 3.8) is 0 Å². The molecule has 2 heterocycles. The molecule has 0 aromatic carbocycles. The summed E-state index contributed by atoms with van der Waals surface area (Å²) in [5.41, 5.74) is 0. The largest absolute Gasteiger partial charge is 0.348 e. The number of aromatic nitrogens is 3. The van der Waals surface area contributed by atoms with E-state index >= 15 is 0 Å². The third kappa shape index (κ3) is 3.88. The van der Waals surface area contributed by atoms with Gasteiger partial charge < -0.3 is 5.32 Å². The zero-order chi connectivity index (χ0) is 13.7. The van der Waals surface area contributed by atoms with Crippen molar-refractivity contribution < 1.29 is 9.59 Å². The van der Waals surface area contributed by atoms with E-state index < -0.39 is 0 Å². The Kier molecular flexibility index (Phi) is 4.24. The second kappa shape index (κ2) is 6.10. The standard InChI is InChI=1S/C11H13N5O2S/c1-7(17)14-8(9-3-2-4-19-9)5-10(18)15-11-12-6-13-16-11/h2-4,6,8H,5H2,1H3,(H,14,17)(H2,12,13,15,16,18)/t8-/m0/s1. The average Bonchev–Trinajstić information content (AvgIpc) is 2.99. The Labute approximate surface area is 113 Å². The summed E-state index contributed by atoms with van der Waals surface area (Å²) < 4.78 is 0. The fourth-order valence-electron chi connectivity index (χ4n) is 1.59. The first-order valence-corrected chi connectivity index (χ1v) is 6.49. The molecule has 7 nitrogen and oxygen atoms in total. The highest BCUT2D eigenvalue weighted by molar-refractivity contribution is 7.10. The smallest absolute Gasteiger partial charge is 0.229 e. The number of anilines is 1. The molecule has 2 aromatic rings. The molecule has 2 amide bonds. The van der Waals surface area contributed by atoms with E-state index in [1.807, 2.05) is 17.5 Å². The normalized spacial score (nSPS) is 11.8. The van der Waals surface area contributed by atoms with Gasteiger partial charge in [0.25, 0.3) is 0 Å². The highest BCUT2D eigenvalue weighted by Crippen LogP contribution is 2.22. The number of rotatable bonds is 5. The molecule has 0 aliphatic heterocycles. The molecule has 0 aliphatic carbocycles. The zero-order valence-corrected chi connectivity index (χ0v) is 11.0. The Morgan fingerprint density at radius 3 is 2.95 bits per heavy atom. The van der Waals surface area contributed by atoms with Gasteiger partial charge in [-0.3, -0.25) is 14.9 Å². The Morgan fingerprint density at radius 1 is 1.53 bits per heavy atom. The van der Waals surface area contributed by atoms with Crippen LogP contribution in [0.5, 0.6) is 0 Å². The van der Waals surface area contributed by atoms with Crippen LogP contribution in [0.2, 0.25) is 0 Å². The van der Waals surface area contributed by atoms with Crippen molar-refractivity contribution in [1.82, 2.24) is 20.5 Å². The predicted octanol–water partition coefficient (Wildman–Crippen LogP) is 1.07. The van der Waals surface area contributed by atoms with Crippen molar-refractivity contribution in [2.45, 2.75) is 19.4 Å². The minimum Gasteiger partial charge on any atom is -0.348 e. The maximum atomic E-state index is 11.9. The first-order chi connectivity index (χ1) is 9.15. The van der Waals surface area contributed by atoms with Crippen LogP contribution in [-0.4, -0.2) is 27.0 Å². The third-order valence-electron chi connectivity index (χ3n) is 2.33. The lowest BCUT2D eigenvalue weighted by Gasteiger charge is -2.15. The van der Waals surface area contributed by atoms with Gasteiger partial charge in [-0.1, -0.05) is 6.07 Å². The minimum atomic E-state index is -0.333. The van der Waals surface area contributed by atoms with Gasteiger partial charge >= 0.3 is 0 Å². The summed E-state index contributed by atoms with van der Waals surface area (Å²) >= 11 is 1.49. The van der Waals surface area contributed by atoms with Crippen molar-refractivity contribution in [1.29, 1.82) is 0 Å². The molecule has 0 unspecified atom stereocenters. The lowest BCUT2D eigenvalue weighted by molar-refractivity contribution is -0.120. The van der Waals surface area contributed by atoms with E-state index in [0.29, 0.717) is 0 Å². The van der Waals surface area contributed by atoms with Gasteiger partial charge in [0.05, 0.1) is 12.5 Å². The molecule has 0 saturated carbocycles. The molecular formula is C11H13N5O2S. The van der Waals surface area contributed by atoms with Crippen molar-refractivity contribution in [2.75, 3.05) is 5.32 Å². The van der Waals surface area contributed by atoms with Gasteiger partial charge in [0.15, 0.2) is 0 Å². The number of thiophene rings is 1. The molecule has 2 rings (SSSR count). The van der Waals surface area contributed by atoms with E-state index in [1.165, 1.54) is 24.6 Å². The molecule has 0 fully saturated rings. The summed E-state index contributed by atoms with van der Waals surface area (Å²) in [4.78, 5) is 27.8. The van der Waals surface area contributed by atoms with Crippen LogP contribution < -0.4 is 10.6 Å². The lowest BCUT2D eigenvalue weighted by atomic mass is 10.1. The van der Waals surface area contributed by atoms with E-state index in [9.17, 15) is 9.59 Å². The van der Waals surface area contributed by atoms with E-state index in [0.717, 1.165) is 4.88 Å². The second-order valence-corrected chi connectivity index (χ2v) is 4.83. The molecule has 100 valence electrons. The lowest BCUT2D eigenvalue weighted by Crippen LogP contribution is -2.29. The number of carbonyl (C=O) groups is 2. The number of hydrogen-bond acceptors (Lipinski definition) is 5. The number of amides is 2. The first kappa shape index (κ1) is 13.2. The third-order valence-corrected chi connectivity index (χ3v) is 3.31. The topological polar surface area (TPSA) is 99.8 Å². The molecule has 0 bridgehead atoms. The zero-order valence-electron chi connectivity index (χ0n) is 10.2. The highest BCUT2D eigenvalue weighted by Gasteiger charge is 2.18. The van der Waals surface area contributed by atoms with Crippen LogP contribution >= 0.6 is 11.3 Å². The molecule has 0 spiro atoms. The number of hydrogen-bond donors (Lipinski definition) is 3. The molecule has 1 atom stereocenters. The Morgan fingerprint density at radius 2 is 2.37 bits per heavy atom. The Balaban J connectivity index is 1.99. The number of nitrogens with zero attached hydrogens (tertiary/aromatic N) is 2. The fourth-order valence-corrected chi connectivity index (χ4v) is 2.37. The molecule has 3 N–H and O–H groups in total. The van der Waals surface area contributed by atoms with E-state index in [1.54, 1.807) is 0 Å². The summed E-state index contributed by atoms with van der Waals surface area (Å²) in [6.45, 7) is 1.43. The minimum absolute atomic E-state index is 0.140. The van der Waals surface area contributed by atoms with Crippen molar-refractivity contribution in [2.24, 2.45) is 0 Å². The van der Waals surface area contributed by atoms with Crippen molar-refractivity contribution >= 4 is 29.1 Å². The molecule has 0 radical (unpaired) electrons. The summed E-state index contributed by atoms with van der Waals surface area (Å²) in [5, 5.41) is 13.4. The van der Waals surface area contributed by atoms with E-state index in [2.05, 4.69) is 25.8 Å². The van der Waals surface area contributed by atoms with Crippen LogP contribution in [0.25, 0.3) is 0 Å². The molecule has 2 aromatic heterocycles. The van der Waals surface area contributed by atoms with Crippen molar-refractivity contribution in [3.8, 4) is 0 Å². The maximum absolute atomic E-state index is 11.9. The van der Waals surface area contributed by atoms with Crippen LogP contribution in [0.3, 0.4) is 0 Å². The summed E-state index contributed by atoms with van der Waals surface area (Å²) in [6, 6.07) is 3.43. The van der Waals surface area contributed by atoms with Gasteiger partial charge in [0.1, 0.15) is 6.33 Å². The molecule has 19 heavy (non-hydrogen) atoms. The number of aromatic amines is 1. The maximum Gasteiger partial charge on any atom is 0.229 e. The number of carbonyl (C=O) groups excluding carboxylic acids is 2. The predicted molar refractivity (Wildman–Crippen MR) is 70.5 cm³/mol. The van der Waals surface area contributed by atoms with Crippen LogP contribution in [0.15, 0.2) is 23.8 Å². The van der Waals surface area contributed by atoms with Gasteiger partial charge in [-0.15, -0.1) is 11.3 Å². The summed E-state index contributed by atoms with van der Waals surface area (Å²) in [5.74, 6) is -0.132. The van der Waals surface area contributed by atoms with Gasteiger partial charge in [-0.25, -0.2) is 5.10 Å². The number of H-pyrrole nitrogens is 1. The van der Waals surface area contributed by atoms with Gasteiger partial charge in [0, 0.05) is 11.8 Å². The van der Waals surface area contributed by atoms with Crippen LogP contribution in [-0.2, 0) is 9.59 Å². The molecule has 0 aliphatic rings. The molecule has 0 saturated heterocycles. The molecular weight excluding hydrogens is 266 g/mol. The Hall–Kier alpha value is -2.22. The van der Waals surface area contributed by atoms with Crippen LogP contribution in [0.4, 0.5) is 5.95 Å². The summed E-state index contributed by atoms with van der Waals surface area (Å²) in [7, 11) is 0. The second-order valence-electron chi connectivity index (χ2n) is 3.85. The highest BCUT2D eigenvalue weighted by atomic mass is 32.1. The number of nitrogens with one attached hydrogen (secondary N) is 3. The Bertz CT molecular complexity index is 537. The van der Waals surface area contributed by atoms with Crippen molar-refractivity contribution in [3.05, 3.63) is 28.7 Å². The van der Waals surface area contributed by atoms with Crippen LogP contribution in [0.1, 0.15) is 24.3 Å². The van der Waals surface area contributed by atoms with E-state index in [-0.39, 0.29) is 30.2 Å². The average molecular weight is 279 g/mol. The van der Waals surface area contributed by atoms with E-state index in [4.69, 9.17) is 0 Å². The first-order valence-electron chi connectivity index (χ1n) is 5.61. The summed E-state index contributed by atoms with van der Waals surface area (Å²) in [6.07, 6.45) is 1.45.